The Morgan fingerprint density at radius 2 is 1.60 bits per heavy atom. The number of methoxy groups -OCH3 is 1. The first-order chi connectivity index (χ1) is 9.69. The van der Waals surface area contributed by atoms with Crippen molar-refractivity contribution in [2.75, 3.05) is 7.11 Å². The normalized spacial score (nSPS) is 31.5. The van der Waals surface area contributed by atoms with E-state index in [4.69, 9.17) is 4.74 Å². The third kappa shape index (κ3) is 2.44. The fourth-order valence-corrected chi connectivity index (χ4v) is 3.86. The maximum atomic E-state index is 5.19. The second-order valence-corrected chi connectivity index (χ2v) is 6.61. The summed E-state index contributed by atoms with van der Waals surface area (Å²) in [5, 5.41) is 0. The Morgan fingerprint density at radius 3 is 2.10 bits per heavy atom. The molecule has 0 spiro atoms. The van der Waals surface area contributed by atoms with Crippen molar-refractivity contribution < 1.29 is 4.74 Å². The Labute approximate surface area is 122 Å². The predicted octanol–water partition coefficient (Wildman–Crippen LogP) is 4.80. The third-order valence-corrected chi connectivity index (χ3v) is 5.71. The number of fused-ring (bicyclic) bond motifs is 3. The minimum absolute atomic E-state index is 0.316. The molecule has 1 heteroatoms. The lowest BCUT2D eigenvalue weighted by Crippen LogP contribution is -2.40. The zero-order chi connectivity index (χ0) is 14.1. The molecule has 3 aliphatic rings. The maximum Gasteiger partial charge on any atom is 0.118 e. The maximum absolute atomic E-state index is 5.19. The first-order valence-corrected chi connectivity index (χ1v) is 7.87. The number of benzene rings is 1. The van der Waals surface area contributed by atoms with E-state index in [1.807, 2.05) is 12.1 Å². The second kappa shape index (κ2) is 5.17. The van der Waals surface area contributed by atoms with Crippen molar-refractivity contribution in [3.63, 3.8) is 0 Å². The van der Waals surface area contributed by atoms with Crippen LogP contribution in [0.2, 0.25) is 0 Å². The summed E-state index contributed by atoms with van der Waals surface area (Å²) in [4.78, 5) is 0. The number of ether oxygens (including phenoxy) is 1. The molecule has 0 N–H and O–H groups in total. The molecular weight excluding hydrogens is 244 g/mol. The molecule has 3 aliphatic carbocycles. The molecule has 0 heterocycles. The van der Waals surface area contributed by atoms with Crippen LogP contribution in [0.4, 0.5) is 0 Å². The molecule has 0 radical (unpaired) electrons. The molecule has 0 atom stereocenters. The lowest BCUT2D eigenvalue weighted by molar-refractivity contribution is 0.0243. The summed E-state index contributed by atoms with van der Waals surface area (Å²) in [6.45, 7) is 2.36. The van der Waals surface area contributed by atoms with Crippen LogP contribution in [0.15, 0.2) is 24.3 Å². The zero-order valence-corrected chi connectivity index (χ0v) is 12.7. The monoisotopic (exact) mass is 268 g/mol. The van der Waals surface area contributed by atoms with Crippen LogP contribution in [0.25, 0.3) is 0 Å². The average Bonchev–Trinajstić information content (AvgIpc) is 2.55. The molecule has 0 unspecified atom stereocenters. The van der Waals surface area contributed by atoms with Crippen LogP contribution in [0.5, 0.6) is 5.75 Å². The fourth-order valence-electron chi connectivity index (χ4n) is 3.86. The minimum atomic E-state index is 0.316. The fraction of sp³-hybridized carbons (Fsp3) is 0.579. The van der Waals surface area contributed by atoms with Gasteiger partial charge in [-0.3, -0.25) is 0 Å². The van der Waals surface area contributed by atoms with Crippen molar-refractivity contribution >= 4 is 0 Å². The zero-order valence-electron chi connectivity index (χ0n) is 12.7. The Kier molecular flexibility index (Phi) is 3.50. The van der Waals surface area contributed by atoms with Crippen LogP contribution in [-0.2, 0) is 0 Å². The first kappa shape index (κ1) is 13.6. The lowest BCUT2D eigenvalue weighted by atomic mass is 9.53. The van der Waals surface area contributed by atoms with Gasteiger partial charge in [-0.2, -0.15) is 0 Å². The summed E-state index contributed by atoms with van der Waals surface area (Å²) >= 11 is 0. The van der Waals surface area contributed by atoms with Crippen LogP contribution in [0, 0.1) is 22.7 Å². The summed E-state index contributed by atoms with van der Waals surface area (Å²) in [5.74, 6) is 7.93. The van der Waals surface area contributed by atoms with E-state index in [-0.39, 0.29) is 0 Å². The van der Waals surface area contributed by atoms with E-state index < -0.39 is 0 Å². The minimum Gasteiger partial charge on any atom is -0.497 e. The number of hydrogen-bond donors (Lipinski definition) is 0. The van der Waals surface area contributed by atoms with Gasteiger partial charge in [-0.15, -0.1) is 0 Å². The van der Waals surface area contributed by atoms with Crippen LogP contribution < -0.4 is 4.74 Å². The van der Waals surface area contributed by atoms with Gasteiger partial charge in [0.15, 0.2) is 0 Å². The lowest BCUT2D eigenvalue weighted by Gasteiger charge is -2.51. The molecule has 0 aromatic heterocycles. The standard InChI is InChI=1S/C19H24O/c1-3-18-10-13-19(14-11-18,15-12-18)9-8-16-4-6-17(20-2)7-5-16/h4-7H,3,10-15H2,1-2H3. The van der Waals surface area contributed by atoms with E-state index >= 15 is 0 Å². The van der Waals surface area contributed by atoms with Crippen molar-refractivity contribution in [2.24, 2.45) is 10.8 Å². The van der Waals surface area contributed by atoms with Crippen LogP contribution in [0.1, 0.15) is 57.4 Å². The summed E-state index contributed by atoms with van der Waals surface area (Å²) in [7, 11) is 1.70. The highest BCUT2D eigenvalue weighted by atomic mass is 16.5. The smallest absolute Gasteiger partial charge is 0.118 e. The van der Waals surface area contributed by atoms with Crippen molar-refractivity contribution in [1.82, 2.24) is 0 Å². The summed E-state index contributed by atoms with van der Waals surface area (Å²) < 4.78 is 5.19. The Morgan fingerprint density at radius 1 is 1.00 bits per heavy atom. The summed E-state index contributed by atoms with van der Waals surface area (Å²) in [6, 6.07) is 8.10. The first-order valence-electron chi connectivity index (χ1n) is 7.87. The molecule has 20 heavy (non-hydrogen) atoms. The molecule has 1 aromatic carbocycles. The van der Waals surface area contributed by atoms with Crippen molar-refractivity contribution in [3.8, 4) is 17.6 Å². The molecule has 106 valence electrons. The van der Waals surface area contributed by atoms with Crippen LogP contribution in [0.3, 0.4) is 0 Å². The Balaban J connectivity index is 1.74. The molecule has 0 saturated heterocycles. The molecule has 4 rings (SSSR count). The van der Waals surface area contributed by atoms with Gasteiger partial charge >= 0.3 is 0 Å². The van der Waals surface area contributed by atoms with Crippen molar-refractivity contribution in [3.05, 3.63) is 29.8 Å². The molecule has 2 bridgehead atoms. The van der Waals surface area contributed by atoms with Gasteiger partial charge in [-0.05, 0) is 68.2 Å². The van der Waals surface area contributed by atoms with Crippen molar-refractivity contribution in [2.45, 2.75) is 51.9 Å². The van der Waals surface area contributed by atoms with Gasteiger partial charge in [0.25, 0.3) is 0 Å². The molecule has 0 aliphatic heterocycles. The van der Waals surface area contributed by atoms with E-state index in [1.54, 1.807) is 7.11 Å². The van der Waals surface area contributed by atoms with Gasteiger partial charge < -0.3 is 4.74 Å². The van der Waals surface area contributed by atoms with Crippen LogP contribution >= 0.6 is 0 Å². The van der Waals surface area contributed by atoms with E-state index in [0.717, 1.165) is 11.3 Å². The molecule has 0 amide bonds. The van der Waals surface area contributed by atoms with Crippen LogP contribution in [-0.4, -0.2) is 7.11 Å². The number of rotatable bonds is 2. The van der Waals surface area contributed by atoms with Gasteiger partial charge in [-0.25, -0.2) is 0 Å². The highest BCUT2D eigenvalue weighted by Gasteiger charge is 2.46. The van der Waals surface area contributed by atoms with E-state index in [0.29, 0.717) is 10.8 Å². The van der Waals surface area contributed by atoms with Crippen molar-refractivity contribution in [1.29, 1.82) is 0 Å². The quantitative estimate of drug-likeness (QED) is 0.700. The van der Waals surface area contributed by atoms with Gasteiger partial charge in [0.05, 0.1) is 7.11 Å². The average molecular weight is 268 g/mol. The molecule has 1 aromatic rings. The van der Waals surface area contributed by atoms with Gasteiger partial charge in [0.1, 0.15) is 5.75 Å². The largest absolute Gasteiger partial charge is 0.497 e. The van der Waals surface area contributed by atoms with E-state index in [9.17, 15) is 0 Å². The highest BCUT2D eigenvalue weighted by molar-refractivity contribution is 5.39. The highest BCUT2D eigenvalue weighted by Crippen LogP contribution is 2.57. The molecule has 1 nitrogen and oxygen atoms in total. The SMILES string of the molecule is CCC12CCC(C#Cc3ccc(OC)cc3)(CC1)CC2. The molecule has 3 fully saturated rings. The Hall–Kier alpha value is -1.42. The van der Waals surface area contributed by atoms with Gasteiger partial charge in [0.2, 0.25) is 0 Å². The summed E-state index contributed by atoms with van der Waals surface area (Å²) in [6.07, 6.45) is 9.45. The van der Waals surface area contributed by atoms with Gasteiger partial charge in [0, 0.05) is 11.0 Å². The molecular formula is C19H24O. The second-order valence-electron chi connectivity index (χ2n) is 6.61. The topological polar surface area (TPSA) is 9.23 Å². The molecule has 3 saturated carbocycles. The van der Waals surface area contributed by atoms with E-state index in [1.165, 1.54) is 44.9 Å². The Bertz CT molecular complexity index is 505. The summed E-state index contributed by atoms with van der Waals surface area (Å²) in [5.41, 5.74) is 2.10. The van der Waals surface area contributed by atoms with Gasteiger partial charge in [-0.1, -0.05) is 25.2 Å². The third-order valence-electron chi connectivity index (χ3n) is 5.71. The number of hydrogen-bond acceptors (Lipinski definition) is 1. The van der Waals surface area contributed by atoms with E-state index in [2.05, 4.69) is 30.9 Å². The predicted molar refractivity (Wildman–Crippen MR) is 82.7 cm³/mol.